The van der Waals surface area contributed by atoms with Crippen LogP contribution in [-0.4, -0.2) is 18.5 Å². The Bertz CT molecular complexity index is 2210. The van der Waals surface area contributed by atoms with E-state index in [0.717, 1.165) is 45.6 Å². The molecular weight excluding hydrogens is 689 g/mol. The summed E-state index contributed by atoms with van der Waals surface area (Å²) in [5, 5.41) is 0. The van der Waals surface area contributed by atoms with Crippen molar-refractivity contribution in [1.29, 1.82) is 0 Å². The lowest BCUT2D eigenvalue weighted by Gasteiger charge is -2.30. The molecular formula is C51H50N2O3. The second-order valence-electron chi connectivity index (χ2n) is 14.2. The molecule has 0 aliphatic heterocycles. The van der Waals surface area contributed by atoms with E-state index in [9.17, 15) is 4.79 Å². The van der Waals surface area contributed by atoms with Gasteiger partial charge in [-0.25, -0.2) is 0 Å². The van der Waals surface area contributed by atoms with Gasteiger partial charge in [-0.1, -0.05) is 81.3 Å². The van der Waals surface area contributed by atoms with E-state index in [4.69, 9.17) is 9.47 Å². The molecule has 1 aliphatic carbocycles. The largest absolute Gasteiger partial charge is 0.494 e. The minimum absolute atomic E-state index is 0.0342. The quantitative estimate of drug-likeness (QED) is 0.0925. The van der Waals surface area contributed by atoms with Crippen molar-refractivity contribution in [3.63, 3.8) is 0 Å². The second kappa shape index (κ2) is 18.3. The highest BCUT2D eigenvalue weighted by Crippen LogP contribution is 2.39. The normalized spacial score (nSPS) is 14.1. The number of benzene rings is 6. The maximum absolute atomic E-state index is 13.1. The summed E-state index contributed by atoms with van der Waals surface area (Å²) >= 11 is 0. The van der Waals surface area contributed by atoms with Gasteiger partial charge in [-0.15, -0.1) is 0 Å². The number of hydrogen-bond donors (Lipinski definition) is 0. The van der Waals surface area contributed by atoms with Crippen LogP contribution in [0.4, 0.5) is 28.4 Å². The molecule has 0 spiro atoms. The summed E-state index contributed by atoms with van der Waals surface area (Å²) in [5.74, 6) is 1.99. The molecule has 282 valence electrons. The minimum atomic E-state index is -0.133. The zero-order valence-electron chi connectivity index (χ0n) is 32.6. The lowest BCUT2D eigenvalue weighted by molar-refractivity contribution is 0.103. The van der Waals surface area contributed by atoms with Crippen LogP contribution >= 0.6 is 0 Å². The van der Waals surface area contributed by atoms with Gasteiger partial charge >= 0.3 is 0 Å². The number of carbonyl (C=O) groups excluding carboxylic acids is 1. The van der Waals surface area contributed by atoms with Crippen molar-refractivity contribution in [3.05, 3.63) is 198 Å². The maximum Gasteiger partial charge on any atom is 0.193 e. The Morgan fingerprint density at radius 2 is 1.12 bits per heavy atom. The number of unbranched alkanes of at least 4 members (excludes halogenated alkanes) is 1. The fourth-order valence-corrected chi connectivity index (χ4v) is 7.17. The zero-order valence-corrected chi connectivity index (χ0v) is 32.6. The van der Waals surface area contributed by atoms with E-state index >= 15 is 0 Å². The molecule has 0 fully saturated rings. The van der Waals surface area contributed by atoms with E-state index in [1.807, 2.05) is 49.4 Å². The van der Waals surface area contributed by atoms with Gasteiger partial charge in [0, 0.05) is 51.7 Å². The predicted molar refractivity (Wildman–Crippen MR) is 231 cm³/mol. The Kier molecular flexibility index (Phi) is 12.4. The molecule has 1 aliphatic rings. The van der Waals surface area contributed by atoms with Crippen LogP contribution in [0, 0.1) is 0 Å². The van der Waals surface area contributed by atoms with E-state index in [1.54, 1.807) is 12.1 Å². The molecule has 0 heterocycles. The first-order valence-electron chi connectivity index (χ1n) is 19.8. The van der Waals surface area contributed by atoms with E-state index < -0.39 is 0 Å². The zero-order chi connectivity index (χ0) is 38.7. The Hall–Kier alpha value is -6.33. The molecule has 2 unspecified atom stereocenters. The fraction of sp³-hybridized carbons (Fsp3) is 0.196. The summed E-state index contributed by atoms with van der Waals surface area (Å²) in [6, 6.07) is 53.6. The van der Waals surface area contributed by atoms with Gasteiger partial charge in [0.05, 0.1) is 6.61 Å². The van der Waals surface area contributed by atoms with Gasteiger partial charge in [-0.2, -0.15) is 0 Å². The lowest BCUT2D eigenvalue weighted by Crippen LogP contribution is -2.21. The Morgan fingerprint density at radius 3 is 1.64 bits per heavy atom. The van der Waals surface area contributed by atoms with Crippen molar-refractivity contribution in [2.45, 2.75) is 58.5 Å². The first-order chi connectivity index (χ1) is 27.5. The smallest absolute Gasteiger partial charge is 0.193 e. The SMILES string of the molecule is CCCCC(C)c1ccc(N(c2ccccc2)c2ccc(N(C3=CCC(Oc4ccc(C(=O)c5ccc(OCC)cc5)cc4)C=C3)c3ccccc3)cc2)cc1. The number of carbonyl (C=O) groups is 1. The number of hydrogen-bond acceptors (Lipinski definition) is 5. The molecule has 0 radical (unpaired) electrons. The number of rotatable bonds is 16. The minimum Gasteiger partial charge on any atom is -0.494 e. The van der Waals surface area contributed by atoms with Crippen LogP contribution in [0.5, 0.6) is 11.5 Å². The summed E-state index contributed by atoms with van der Waals surface area (Å²) < 4.78 is 11.9. The summed E-state index contributed by atoms with van der Waals surface area (Å²) in [6.45, 7) is 7.11. The van der Waals surface area contributed by atoms with Crippen LogP contribution in [0.2, 0.25) is 0 Å². The average Bonchev–Trinajstić information content (AvgIpc) is 3.25. The van der Waals surface area contributed by atoms with Crippen molar-refractivity contribution >= 4 is 34.2 Å². The monoisotopic (exact) mass is 738 g/mol. The third kappa shape index (κ3) is 9.13. The van der Waals surface area contributed by atoms with E-state index in [-0.39, 0.29) is 11.9 Å². The van der Waals surface area contributed by atoms with Crippen molar-refractivity contribution in [1.82, 2.24) is 0 Å². The molecule has 5 nitrogen and oxygen atoms in total. The van der Waals surface area contributed by atoms with Crippen molar-refractivity contribution < 1.29 is 14.3 Å². The van der Waals surface area contributed by atoms with Gasteiger partial charge < -0.3 is 19.3 Å². The topological polar surface area (TPSA) is 42.0 Å². The summed E-state index contributed by atoms with van der Waals surface area (Å²) in [7, 11) is 0. The Balaban J connectivity index is 1.07. The highest BCUT2D eigenvalue weighted by molar-refractivity contribution is 6.09. The Morgan fingerprint density at radius 1 is 0.625 bits per heavy atom. The van der Waals surface area contributed by atoms with E-state index in [0.29, 0.717) is 30.1 Å². The third-order valence-corrected chi connectivity index (χ3v) is 10.2. The molecule has 0 N–H and O–H groups in total. The third-order valence-electron chi connectivity index (χ3n) is 10.2. The molecule has 0 amide bonds. The standard InChI is InChI=1S/C51H50N2O3/c1-4-6-13-38(3)39-18-24-44(25-19-39)52(42-14-9-7-10-15-42)45-26-28-46(29-27-45)53(43-16-11-8-12-17-43)47-30-36-50(37-31-47)56-49-34-22-41(23-35-49)51(54)40-20-32-48(33-21-40)55-5-2/h7-12,14-36,38,50H,4-6,13,37H2,1-3H3. The molecule has 0 aromatic heterocycles. The predicted octanol–water partition coefficient (Wildman–Crippen LogP) is 13.5. The van der Waals surface area contributed by atoms with Gasteiger partial charge in [0.25, 0.3) is 0 Å². The highest BCUT2D eigenvalue weighted by Gasteiger charge is 2.20. The van der Waals surface area contributed by atoms with Gasteiger partial charge in [-0.05, 0) is 146 Å². The van der Waals surface area contributed by atoms with Gasteiger partial charge in [-0.3, -0.25) is 4.79 Å². The molecule has 5 heteroatoms. The van der Waals surface area contributed by atoms with Crippen molar-refractivity contribution in [2.75, 3.05) is 16.4 Å². The van der Waals surface area contributed by atoms with Crippen molar-refractivity contribution in [3.8, 4) is 11.5 Å². The highest BCUT2D eigenvalue weighted by atomic mass is 16.5. The van der Waals surface area contributed by atoms with E-state index in [1.165, 1.54) is 24.8 Å². The van der Waals surface area contributed by atoms with Crippen LogP contribution in [-0.2, 0) is 0 Å². The summed E-state index contributed by atoms with van der Waals surface area (Å²) in [4.78, 5) is 17.7. The van der Waals surface area contributed by atoms with Gasteiger partial charge in [0.15, 0.2) is 5.78 Å². The van der Waals surface area contributed by atoms with Crippen LogP contribution in [0.3, 0.4) is 0 Å². The number of ketones is 1. The van der Waals surface area contributed by atoms with Crippen LogP contribution in [0.25, 0.3) is 0 Å². The molecule has 6 aromatic carbocycles. The Labute approximate surface area is 332 Å². The number of allylic oxidation sites excluding steroid dienone is 1. The number of para-hydroxylation sites is 2. The molecule has 56 heavy (non-hydrogen) atoms. The second-order valence-corrected chi connectivity index (χ2v) is 14.2. The molecule has 7 rings (SSSR count). The first kappa shape index (κ1) is 38.0. The molecule has 2 atom stereocenters. The fourth-order valence-electron chi connectivity index (χ4n) is 7.17. The van der Waals surface area contributed by atoms with Crippen LogP contribution in [0.1, 0.15) is 73.9 Å². The van der Waals surface area contributed by atoms with Gasteiger partial charge in [0.1, 0.15) is 17.6 Å². The number of ether oxygens (including phenoxy) is 2. The van der Waals surface area contributed by atoms with E-state index in [2.05, 4.69) is 145 Å². The molecule has 0 saturated heterocycles. The van der Waals surface area contributed by atoms with Gasteiger partial charge in [0.2, 0.25) is 0 Å². The van der Waals surface area contributed by atoms with Crippen LogP contribution < -0.4 is 19.3 Å². The maximum atomic E-state index is 13.1. The van der Waals surface area contributed by atoms with Crippen molar-refractivity contribution in [2.24, 2.45) is 0 Å². The lowest BCUT2D eigenvalue weighted by atomic mass is 9.95. The molecule has 0 bridgehead atoms. The molecule has 6 aromatic rings. The average molecular weight is 739 g/mol. The van der Waals surface area contributed by atoms with Crippen LogP contribution in [0.15, 0.2) is 182 Å². The number of anilines is 5. The summed E-state index contributed by atoms with van der Waals surface area (Å²) in [6.07, 6.45) is 10.7. The number of nitrogens with zero attached hydrogens (tertiary/aromatic N) is 2. The summed E-state index contributed by atoms with van der Waals surface area (Å²) in [5.41, 5.74) is 9.19. The molecule has 0 saturated carbocycles. The first-order valence-corrected chi connectivity index (χ1v) is 19.8.